The molecule has 2 N–H and O–H groups in total. The summed E-state index contributed by atoms with van der Waals surface area (Å²) in [4.78, 5) is 10.2. The highest BCUT2D eigenvalue weighted by Crippen LogP contribution is 2.27. The van der Waals surface area contributed by atoms with Gasteiger partial charge in [0.1, 0.15) is 11.5 Å². The second-order valence-corrected chi connectivity index (χ2v) is 5.13. The molecule has 0 radical (unpaired) electrons. The lowest BCUT2D eigenvalue weighted by Gasteiger charge is -2.09. The lowest BCUT2D eigenvalue weighted by Crippen LogP contribution is -2.23. The van der Waals surface area contributed by atoms with Crippen molar-refractivity contribution in [3.8, 4) is 0 Å². The first-order valence-corrected chi connectivity index (χ1v) is 6.11. The highest BCUT2D eigenvalue weighted by molar-refractivity contribution is 7.93. The third-order valence-corrected chi connectivity index (χ3v) is 3.02. The van der Waals surface area contributed by atoms with E-state index in [1.54, 1.807) is 4.72 Å². The Morgan fingerprint density at radius 2 is 2.00 bits per heavy atom. The minimum atomic E-state index is -4.29. The molecule has 0 bridgehead atoms. The minimum Gasteiger partial charge on any atom is -0.480 e. The fraction of sp³-hybridized carbons (Fsp3) is 0.125. The molecule has 0 heterocycles. The van der Waals surface area contributed by atoms with E-state index < -0.39 is 44.1 Å². The van der Waals surface area contributed by atoms with Crippen LogP contribution in [0.15, 0.2) is 12.1 Å². The van der Waals surface area contributed by atoms with Crippen LogP contribution in [-0.4, -0.2) is 25.2 Å². The number of rotatable bonds is 4. The van der Waals surface area contributed by atoms with Crippen LogP contribution in [0.25, 0.3) is 0 Å². The Balaban J connectivity index is 3.08. The molecule has 0 spiro atoms. The Morgan fingerprint density at radius 1 is 1.41 bits per heavy atom. The molecule has 0 amide bonds. The van der Waals surface area contributed by atoms with Crippen molar-refractivity contribution >= 4 is 33.3 Å². The van der Waals surface area contributed by atoms with E-state index in [9.17, 15) is 22.0 Å². The standard InChI is InChI=1S/C8H6ClF2NO4S/c9-5-1-4(10)2-6(11)8(5)12-17(15,16)3-7(13)14/h1-2,12H,3H2,(H,13,14). The second kappa shape index (κ2) is 4.84. The molecular weight excluding hydrogens is 280 g/mol. The Morgan fingerprint density at radius 3 is 2.47 bits per heavy atom. The van der Waals surface area contributed by atoms with Crippen LogP contribution in [-0.2, 0) is 14.8 Å². The van der Waals surface area contributed by atoms with Gasteiger partial charge in [0.15, 0.2) is 11.6 Å². The fourth-order valence-electron chi connectivity index (χ4n) is 0.994. The van der Waals surface area contributed by atoms with E-state index in [0.29, 0.717) is 12.1 Å². The maximum atomic E-state index is 13.2. The maximum absolute atomic E-state index is 13.2. The monoisotopic (exact) mass is 285 g/mol. The number of sulfonamides is 1. The molecule has 9 heteroatoms. The molecule has 1 rings (SSSR count). The summed E-state index contributed by atoms with van der Waals surface area (Å²) < 4.78 is 49.8. The first-order valence-electron chi connectivity index (χ1n) is 4.08. The lowest BCUT2D eigenvalue weighted by atomic mass is 10.3. The van der Waals surface area contributed by atoms with Crippen molar-refractivity contribution < 1.29 is 27.1 Å². The number of hydrogen-bond donors (Lipinski definition) is 2. The molecule has 0 atom stereocenters. The third kappa shape index (κ3) is 3.82. The van der Waals surface area contributed by atoms with Crippen LogP contribution < -0.4 is 4.72 Å². The predicted octanol–water partition coefficient (Wildman–Crippen LogP) is 1.44. The SMILES string of the molecule is O=C(O)CS(=O)(=O)Nc1c(F)cc(F)cc1Cl. The molecule has 0 aliphatic carbocycles. The number of carboxylic acids is 1. The molecule has 5 nitrogen and oxygen atoms in total. The van der Waals surface area contributed by atoms with Crippen LogP contribution in [0.1, 0.15) is 0 Å². The summed E-state index contributed by atoms with van der Waals surface area (Å²) in [5.41, 5.74) is -0.686. The number of benzene rings is 1. The van der Waals surface area contributed by atoms with Gasteiger partial charge >= 0.3 is 5.97 Å². The van der Waals surface area contributed by atoms with Gasteiger partial charge < -0.3 is 5.11 Å². The number of anilines is 1. The van der Waals surface area contributed by atoms with Crippen LogP contribution in [0.5, 0.6) is 0 Å². The van der Waals surface area contributed by atoms with Gasteiger partial charge in [-0.05, 0) is 6.07 Å². The number of nitrogens with one attached hydrogen (secondary N) is 1. The molecule has 0 aliphatic heterocycles. The highest BCUT2D eigenvalue weighted by atomic mass is 35.5. The summed E-state index contributed by atoms with van der Waals surface area (Å²) in [5, 5.41) is 7.80. The number of aliphatic carboxylic acids is 1. The highest BCUT2D eigenvalue weighted by Gasteiger charge is 2.20. The average molecular weight is 286 g/mol. The van der Waals surface area contributed by atoms with E-state index in [0.717, 1.165) is 0 Å². The van der Waals surface area contributed by atoms with Crippen molar-refractivity contribution in [3.63, 3.8) is 0 Å². The predicted molar refractivity (Wildman–Crippen MR) is 56.4 cm³/mol. The Hall–Kier alpha value is -1.41. The summed E-state index contributed by atoms with van der Waals surface area (Å²) in [6.07, 6.45) is 0. The van der Waals surface area contributed by atoms with Gasteiger partial charge in [0.25, 0.3) is 0 Å². The normalized spacial score (nSPS) is 11.2. The van der Waals surface area contributed by atoms with Crippen molar-refractivity contribution in [1.29, 1.82) is 0 Å². The third-order valence-electron chi connectivity index (χ3n) is 1.58. The molecule has 0 saturated carbocycles. The van der Waals surface area contributed by atoms with E-state index in [1.807, 2.05) is 0 Å². The summed E-state index contributed by atoms with van der Waals surface area (Å²) in [6.45, 7) is 0. The maximum Gasteiger partial charge on any atom is 0.320 e. The Bertz CT molecular complexity index is 538. The second-order valence-electron chi connectivity index (χ2n) is 3.00. The summed E-state index contributed by atoms with van der Waals surface area (Å²) in [7, 11) is -4.29. The molecule has 1 aromatic rings. The van der Waals surface area contributed by atoms with Crippen molar-refractivity contribution in [2.45, 2.75) is 0 Å². The molecule has 1 aromatic carbocycles. The summed E-state index contributed by atoms with van der Waals surface area (Å²) >= 11 is 5.42. The first-order chi connectivity index (χ1) is 7.71. The Labute approximate surface area is 100 Å². The first kappa shape index (κ1) is 13.7. The van der Waals surface area contributed by atoms with Crippen LogP contribution in [0.3, 0.4) is 0 Å². The lowest BCUT2D eigenvalue weighted by molar-refractivity contribution is -0.134. The van der Waals surface area contributed by atoms with Crippen LogP contribution in [0.4, 0.5) is 14.5 Å². The van der Waals surface area contributed by atoms with Gasteiger partial charge in [-0.15, -0.1) is 0 Å². The Kier molecular flexibility index (Phi) is 3.89. The molecule has 0 unspecified atom stereocenters. The van der Waals surface area contributed by atoms with Gasteiger partial charge in [-0.25, -0.2) is 17.2 Å². The van der Waals surface area contributed by atoms with Gasteiger partial charge in [-0.1, -0.05) is 11.6 Å². The molecular formula is C8H6ClF2NO4S. The van der Waals surface area contributed by atoms with Crippen molar-refractivity contribution in [2.75, 3.05) is 10.5 Å². The van der Waals surface area contributed by atoms with Crippen molar-refractivity contribution in [3.05, 3.63) is 28.8 Å². The average Bonchev–Trinajstić information content (AvgIpc) is 2.09. The van der Waals surface area contributed by atoms with Crippen LogP contribution >= 0.6 is 11.6 Å². The number of carboxylic acid groups (broad SMARTS) is 1. The van der Waals surface area contributed by atoms with Gasteiger partial charge in [0.2, 0.25) is 10.0 Å². The van der Waals surface area contributed by atoms with Gasteiger partial charge in [0, 0.05) is 6.07 Å². The fourth-order valence-corrected chi connectivity index (χ4v) is 2.21. The number of halogens is 3. The van der Waals surface area contributed by atoms with E-state index in [2.05, 4.69) is 0 Å². The van der Waals surface area contributed by atoms with Gasteiger partial charge in [-0.3, -0.25) is 9.52 Å². The zero-order valence-electron chi connectivity index (χ0n) is 8.08. The largest absolute Gasteiger partial charge is 0.480 e. The van der Waals surface area contributed by atoms with E-state index >= 15 is 0 Å². The molecule has 0 saturated heterocycles. The molecule has 0 aliphatic rings. The smallest absolute Gasteiger partial charge is 0.320 e. The van der Waals surface area contributed by atoms with Gasteiger partial charge in [-0.2, -0.15) is 0 Å². The van der Waals surface area contributed by atoms with E-state index in [4.69, 9.17) is 16.7 Å². The van der Waals surface area contributed by atoms with Crippen molar-refractivity contribution in [2.24, 2.45) is 0 Å². The summed E-state index contributed by atoms with van der Waals surface area (Å²) in [5.74, 6) is -5.08. The number of hydrogen-bond acceptors (Lipinski definition) is 3. The zero-order chi connectivity index (χ0) is 13.2. The van der Waals surface area contributed by atoms with Crippen molar-refractivity contribution in [1.82, 2.24) is 0 Å². The van der Waals surface area contributed by atoms with Crippen LogP contribution in [0.2, 0.25) is 5.02 Å². The molecule has 94 valence electrons. The number of carbonyl (C=O) groups is 1. The molecule has 17 heavy (non-hydrogen) atoms. The summed E-state index contributed by atoms with van der Waals surface area (Å²) in [6, 6.07) is 1.12. The quantitative estimate of drug-likeness (QED) is 0.877. The zero-order valence-corrected chi connectivity index (χ0v) is 9.65. The topological polar surface area (TPSA) is 83.5 Å². The van der Waals surface area contributed by atoms with Crippen LogP contribution in [0, 0.1) is 11.6 Å². The molecule has 0 aromatic heterocycles. The van der Waals surface area contributed by atoms with Gasteiger partial charge in [0.05, 0.1) is 5.02 Å². The minimum absolute atomic E-state index is 0.421. The van der Waals surface area contributed by atoms with E-state index in [-0.39, 0.29) is 0 Å². The molecule has 0 fully saturated rings. The van der Waals surface area contributed by atoms with E-state index in [1.165, 1.54) is 0 Å².